The number of halogens is 1. The number of piperazine rings is 1. The molecule has 0 spiro atoms. The van der Waals surface area contributed by atoms with Gasteiger partial charge in [0.25, 0.3) is 0 Å². The van der Waals surface area contributed by atoms with E-state index in [4.69, 9.17) is 0 Å². The Labute approximate surface area is 208 Å². The zero-order chi connectivity index (χ0) is 21.2. The molecular weight excluding hydrogens is 519 g/mol. The fourth-order valence-electron chi connectivity index (χ4n) is 3.57. The molecule has 3 rings (SSSR count). The minimum Gasteiger partial charge on any atom is -0.356 e. The van der Waals surface area contributed by atoms with Crippen LogP contribution in [0.4, 0.5) is 0 Å². The molecule has 2 aromatic rings. The van der Waals surface area contributed by atoms with Crippen molar-refractivity contribution in [3.8, 4) is 0 Å². The molecular formula is C23H37IN6S. The van der Waals surface area contributed by atoms with Crippen LogP contribution in [0.2, 0.25) is 0 Å². The summed E-state index contributed by atoms with van der Waals surface area (Å²) in [6, 6.07) is 10.8. The lowest BCUT2D eigenvalue weighted by atomic mass is 10.2. The number of nitrogens with zero attached hydrogens (tertiary/aromatic N) is 4. The van der Waals surface area contributed by atoms with E-state index in [1.807, 2.05) is 7.05 Å². The molecule has 0 unspecified atom stereocenters. The number of nitrogens with one attached hydrogen (secondary N) is 2. The number of hydrogen-bond acceptors (Lipinski definition) is 5. The molecule has 1 aromatic carbocycles. The quantitative estimate of drug-likeness (QED) is 0.213. The Morgan fingerprint density at radius 2 is 1.81 bits per heavy atom. The molecule has 6 nitrogen and oxygen atoms in total. The number of thiazole rings is 1. The van der Waals surface area contributed by atoms with Crippen LogP contribution in [0.1, 0.15) is 42.5 Å². The molecule has 31 heavy (non-hydrogen) atoms. The largest absolute Gasteiger partial charge is 0.356 e. The van der Waals surface area contributed by atoms with Gasteiger partial charge in [-0.1, -0.05) is 44.2 Å². The van der Waals surface area contributed by atoms with Gasteiger partial charge in [-0.15, -0.1) is 35.3 Å². The van der Waals surface area contributed by atoms with E-state index in [0.717, 1.165) is 69.7 Å². The van der Waals surface area contributed by atoms with Gasteiger partial charge in [-0.05, 0) is 24.4 Å². The average Bonchev–Trinajstić information content (AvgIpc) is 3.25. The molecule has 172 valence electrons. The standard InChI is InChI=1S/C23H36N6S.HI/c1-19(2)21-18-30-22(27-21)16-26-23(24-3)25-10-7-11-28-12-14-29(15-13-28)17-20-8-5-4-6-9-20;/h4-6,8-9,18-19H,7,10-17H2,1-3H3,(H2,24,25,26);1H. The van der Waals surface area contributed by atoms with Crippen LogP contribution < -0.4 is 10.6 Å². The average molecular weight is 557 g/mol. The van der Waals surface area contributed by atoms with E-state index in [9.17, 15) is 0 Å². The van der Waals surface area contributed by atoms with Gasteiger partial charge in [0.15, 0.2) is 5.96 Å². The molecule has 1 fully saturated rings. The maximum Gasteiger partial charge on any atom is 0.191 e. The van der Waals surface area contributed by atoms with Crippen LogP contribution in [-0.2, 0) is 13.1 Å². The van der Waals surface area contributed by atoms with Gasteiger partial charge >= 0.3 is 0 Å². The van der Waals surface area contributed by atoms with Crippen LogP contribution in [0.5, 0.6) is 0 Å². The van der Waals surface area contributed by atoms with Crippen molar-refractivity contribution in [2.75, 3.05) is 46.3 Å². The predicted molar refractivity (Wildman–Crippen MR) is 143 cm³/mol. The molecule has 8 heteroatoms. The number of hydrogen-bond donors (Lipinski definition) is 2. The van der Waals surface area contributed by atoms with E-state index >= 15 is 0 Å². The van der Waals surface area contributed by atoms with Gasteiger partial charge in [0.2, 0.25) is 0 Å². The number of benzene rings is 1. The SMILES string of the molecule is CN=C(NCCCN1CCN(Cc2ccccc2)CC1)NCc1nc(C(C)C)cs1.I. The smallest absolute Gasteiger partial charge is 0.191 e. The van der Waals surface area contributed by atoms with Crippen LogP contribution in [-0.4, -0.2) is 67.1 Å². The minimum atomic E-state index is 0. The summed E-state index contributed by atoms with van der Waals surface area (Å²) >= 11 is 1.71. The number of aliphatic imine (C=N–C) groups is 1. The van der Waals surface area contributed by atoms with Gasteiger partial charge in [0.1, 0.15) is 5.01 Å². The van der Waals surface area contributed by atoms with E-state index in [1.54, 1.807) is 11.3 Å². The van der Waals surface area contributed by atoms with Crippen molar-refractivity contribution in [3.63, 3.8) is 0 Å². The molecule has 0 bridgehead atoms. The second kappa shape index (κ2) is 14.0. The number of aromatic nitrogens is 1. The van der Waals surface area contributed by atoms with E-state index < -0.39 is 0 Å². The summed E-state index contributed by atoms with van der Waals surface area (Å²) in [7, 11) is 1.82. The van der Waals surface area contributed by atoms with E-state index in [0.29, 0.717) is 5.92 Å². The fourth-order valence-corrected chi connectivity index (χ4v) is 4.47. The van der Waals surface area contributed by atoms with Gasteiger partial charge in [0, 0.05) is 51.7 Å². The molecule has 1 aliphatic heterocycles. The van der Waals surface area contributed by atoms with Gasteiger partial charge in [-0.3, -0.25) is 9.89 Å². The topological polar surface area (TPSA) is 55.8 Å². The van der Waals surface area contributed by atoms with Crippen molar-refractivity contribution in [2.24, 2.45) is 4.99 Å². The van der Waals surface area contributed by atoms with Crippen molar-refractivity contribution in [2.45, 2.75) is 39.3 Å². The number of rotatable bonds is 9. The molecule has 2 N–H and O–H groups in total. The van der Waals surface area contributed by atoms with Crippen molar-refractivity contribution >= 4 is 41.3 Å². The molecule has 1 saturated heterocycles. The number of guanidine groups is 1. The molecule has 0 amide bonds. The maximum absolute atomic E-state index is 4.67. The maximum atomic E-state index is 4.67. The first-order valence-electron chi connectivity index (χ1n) is 11.0. The zero-order valence-electron chi connectivity index (χ0n) is 19.0. The summed E-state index contributed by atoms with van der Waals surface area (Å²) in [6.45, 7) is 12.8. The van der Waals surface area contributed by atoms with Crippen LogP contribution in [0, 0.1) is 0 Å². The minimum absolute atomic E-state index is 0. The van der Waals surface area contributed by atoms with E-state index in [-0.39, 0.29) is 24.0 Å². The van der Waals surface area contributed by atoms with Gasteiger partial charge < -0.3 is 15.5 Å². The fraction of sp³-hybridized carbons (Fsp3) is 0.565. The Morgan fingerprint density at radius 1 is 1.10 bits per heavy atom. The molecule has 0 saturated carbocycles. The third-order valence-corrected chi connectivity index (χ3v) is 6.32. The van der Waals surface area contributed by atoms with Gasteiger partial charge in [0.05, 0.1) is 12.2 Å². The highest BCUT2D eigenvalue weighted by Gasteiger charge is 2.16. The summed E-state index contributed by atoms with van der Waals surface area (Å²) in [6.07, 6.45) is 1.12. The second-order valence-corrected chi connectivity index (χ2v) is 9.07. The van der Waals surface area contributed by atoms with Crippen molar-refractivity contribution in [1.82, 2.24) is 25.4 Å². The first kappa shape index (κ1) is 26.0. The van der Waals surface area contributed by atoms with Crippen molar-refractivity contribution in [3.05, 3.63) is 52.0 Å². The predicted octanol–water partition coefficient (Wildman–Crippen LogP) is 3.76. The molecule has 1 aliphatic rings. The van der Waals surface area contributed by atoms with Crippen LogP contribution >= 0.6 is 35.3 Å². The van der Waals surface area contributed by atoms with Crippen molar-refractivity contribution in [1.29, 1.82) is 0 Å². The monoisotopic (exact) mass is 556 g/mol. The molecule has 0 radical (unpaired) electrons. The second-order valence-electron chi connectivity index (χ2n) is 8.13. The molecule has 0 atom stereocenters. The highest BCUT2D eigenvalue weighted by atomic mass is 127. The summed E-state index contributed by atoms with van der Waals surface area (Å²) in [5.74, 6) is 1.33. The summed E-state index contributed by atoms with van der Waals surface area (Å²) < 4.78 is 0. The normalized spacial score (nSPS) is 15.7. The first-order valence-corrected chi connectivity index (χ1v) is 11.9. The highest BCUT2D eigenvalue weighted by Crippen LogP contribution is 2.17. The van der Waals surface area contributed by atoms with Gasteiger partial charge in [-0.25, -0.2) is 4.98 Å². The lowest BCUT2D eigenvalue weighted by Crippen LogP contribution is -2.46. The summed E-state index contributed by atoms with van der Waals surface area (Å²) in [4.78, 5) is 14.1. The first-order chi connectivity index (χ1) is 14.6. The van der Waals surface area contributed by atoms with E-state index in [1.165, 1.54) is 11.3 Å². The van der Waals surface area contributed by atoms with Crippen molar-refractivity contribution < 1.29 is 0 Å². The molecule has 2 heterocycles. The van der Waals surface area contributed by atoms with E-state index in [2.05, 4.69) is 80.0 Å². The molecule has 1 aromatic heterocycles. The zero-order valence-corrected chi connectivity index (χ0v) is 22.2. The lowest BCUT2D eigenvalue weighted by Gasteiger charge is -2.34. The third-order valence-electron chi connectivity index (χ3n) is 5.45. The third kappa shape index (κ3) is 9.03. The Balaban J connectivity index is 0.00000341. The summed E-state index contributed by atoms with van der Waals surface area (Å²) in [5, 5.41) is 10.1. The Morgan fingerprint density at radius 3 is 2.45 bits per heavy atom. The Hall–Kier alpha value is -1.23. The Kier molecular flexibility index (Phi) is 11.8. The molecule has 0 aliphatic carbocycles. The van der Waals surface area contributed by atoms with Crippen LogP contribution in [0.15, 0.2) is 40.7 Å². The van der Waals surface area contributed by atoms with Crippen LogP contribution in [0.3, 0.4) is 0 Å². The lowest BCUT2D eigenvalue weighted by molar-refractivity contribution is 0.126. The Bertz CT molecular complexity index is 771. The highest BCUT2D eigenvalue weighted by molar-refractivity contribution is 14.0. The van der Waals surface area contributed by atoms with Gasteiger partial charge in [-0.2, -0.15) is 0 Å². The summed E-state index contributed by atoms with van der Waals surface area (Å²) in [5.41, 5.74) is 2.58. The van der Waals surface area contributed by atoms with Crippen LogP contribution in [0.25, 0.3) is 0 Å².